The molecule has 0 radical (unpaired) electrons. The van der Waals surface area contributed by atoms with Crippen LogP contribution in [-0.2, 0) is 4.74 Å². The summed E-state index contributed by atoms with van der Waals surface area (Å²) in [6.07, 6.45) is 4.63. The van der Waals surface area contributed by atoms with Gasteiger partial charge in [0, 0.05) is 6.08 Å². The van der Waals surface area contributed by atoms with Crippen LogP contribution in [-0.4, -0.2) is 23.7 Å². The largest absolute Gasteiger partial charge is 0.497 e. The van der Waals surface area contributed by atoms with Crippen LogP contribution in [0.5, 0.6) is 0 Å². The van der Waals surface area contributed by atoms with Gasteiger partial charge in [-0.05, 0) is 12.2 Å². The number of rotatable bonds is 1. The Labute approximate surface area is 64.0 Å². The maximum atomic E-state index is 8.39. The van der Waals surface area contributed by atoms with Crippen molar-refractivity contribution in [3.8, 4) is 0 Å². The van der Waals surface area contributed by atoms with Crippen molar-refractivity contribution in [1.29, 1.82) is 5.41 Å². The van der Waals surface area contributed by atoms with Crippen molar-refractivity contribution in [3.63, 3.8) is 0 Å². The van der Waals surface area contributed by atoms with E-state index < -0.39 is 0 Å². The number of allylic oxidation sites excluding steroid dienone is 3. The highest BCUT2D eigenvalue weighted by Crippen LogP contribution is 2.05. The van der Waals surface area contributed by atoms with Gasteiger partial charge in [0.15, 0.2) is 0 Å². The SMILES string of the molecule is COC1=C/C(=N/O)C(=N)C=C1. The minimum absolute atomic E-state index is 0.174. The summed E-state index contributed by atoms with van der Waals surface area (Å²) in [7, 11) is 1.51. The van der Waals surface area contributed by atoms with E-state index in [0.29, 0.717) is 5.76 Å². The molecule has 0 heterocycles. The first-order valence-corrected chi connectivity index (χ1v) is 3.02. The van der Waals surface area contributed by atoms with Crippen molar-refractivity contribution in [2.45, 2.75) is 0 Å². The van der Waals surface area contributed by atoms with Crippen LogP contribution in [0.3, 0.4) is 0 Å². The topological polar surface area (TPSA) is 65.7 Å². The predicted octanol–water partition coefficient (Wildman–Crippen LogP) is 0.936. The van der Waals surface area contributed by atoms with E-state index >= 15 is 0 Å². The van der Waals surface area contributed by atoms with Gasteiger partial charge in [0.2, 0.25) is 0 Å². The molecule has 58 valence electrons. The van der Waals surface area contributed by atoms with Gasteiger partial charge < -0.3 is 9.94 Å². The second-order valence-electron chi connectivity index (χ2n) is 1.98. The van der Waals surface area contributed by atoms with E-state index in [0.717, 1.165) is 0 Å². The molecule has 0 bridgehead atoms. The number of hydrogen-bond donors (Lipinski definition) is 2. The molecule has 0 spiro atoms. The summed E-state index contributed by atoms with van der Waals surface area (Å²) in [6, 6.07) is 0. The Morgan fingerprint density at radius 1 is 1.55 bits per heavy atom. The molecule has 0 fully saturated rings. The third-order valence-electron chi connectivity index (χ3n) is 1.31. The highest BCUT2D eigenvalue weighted by atomic mass is 16.5. The fraction of sp³-hybridized carbons (Fsp3) is 0.143. The first-order valence-electron chi connectivity index (χ1n) is 3.02. The predicted molar refractivity (Wildman–Crippen MR) is 41.2 cm³/mol. The Morgan fingerprint density at radius 3 is 2.82 bits per heavy atom. The summed E-state index contributed by atoms with van der Waals surface area (Å²) >= 11 is 0. The summed E-state index contributed by atoms with van der Waals surface area (Å²) in [5, 5.41) is 18.5. The van der Waals surface area contributed by atoms with Crippen LogP contribution in [0.2, 0.25) is 0 Å². The van der Waals surface area contributed by atoms with E-state index in [9.17, 15) is 0 Å². The van der Waals surface area contributed by atoms with Gasteiger partial charge >= 0.3 is 0 Å². The molecule has 0 aromatic carbocycles. The summed E-state index contributed by atoms with van der Waals surface area (Å²) in [5.41, 5.74) is 0.387. The van der Waals surface area contributed by atoms with Gasteiger partial charge in [0.05, 0.1) is 12.8 Å². The Balaban J connectivity index is 2.93. The van der Waals surface area contributed by atoms with E-state index in [4.69, 9.17) is 15.4 Å². The Morgan fingerprint density at radius 2 is 2.27 bits per heavy atom. The Kier molecular flexibility index (Phi) is 2.06. The molecule has 0 saturated heterocycles. The fourth-order valence-corrected chi connectivity index (χ4v) is 0.721. The van der Waals surface area contributed by atoms with E-state index in [1.165, 1.54) is 19.3 Å². The van der Waals surface area contributed by atoms with E-state index in [1.54, 1.807) is 6.08 Å². The molecule has 1 aliphatic carbocycles. The van der Waals surface area contributed by atoms with E-state index in [1.807, 2.05) is 0 Å². The average molecular weight is 152 g/mol. The van der Waals surface area contributed by atoms with Crippen molar-refractivity contribution >= 4 is 11.4 Å². The summed E-state index contributed by atoms with van der Waals surface area (Å²) in [6.45, 7) is 0. The van der Waals surface area contributed by atoms with E-state index in [-0.39, 0.29) is 11.4 Å². The smallest absolute Gasteiger partial charge is 0.131 e. The molecular weight excluding hydrogens is 144 g/mol. The number of nitrogens with one attached hydrogen (secondary N) is 1. The minimum atomic E-state index is 0.174. The van der Waals surface area contributed by atoms with Crippen molar-refractivity contribution < 1.29 is 9.94 Å². The molecule has 4 heteroatoms. The molecule has 1 rings (SSSR count). The number of methoxy groups -OCH3 is 1. The van der Waals surface area contributed by atoms with E-state index in [2.05, 4.69) is 5.16 Å². The highest BCUT2D eigenvalue weighted by molar-refractivity contribution is 6.49. The first kappa shape index (κ1) is 7.53. The Bertz CT molecular complexity index is 264. The van der Waals surface area contributed by atoms with Crippen LogP contribution in [0, 0.1) is 5.41 Å². The van der Waals surface area contributed by atoms with Crippen molar-refractivity contribution in [1.82, 2.24) is 0 Å². The van der Waals surface area contributed by atoms with Crippen LogP contribution in [0.1, 0.15) is 0 Å². The molecule has 0 aliphatic heterocycles. The maximum Gasteiger partial charge on any atom is 0.131 e. The summed E-state index contributed by atoms with van der Waals surface area (Å²) < 4.78 is 4.86. The number of ether oxygens (including phenoxy) is 1. The van der Waals surface area contributed by atoms with Crippen LogP contribution < -0.4 is 0 Å². The van der Waals surface area contributed by atoms with Crippen molar-refractivity contribution in [3.05, 3.63) is 24.0 Å². The lowest BCUT2D eigenvalue weighted by molar-refractivity contribution is 0.305. The fourth-order valence-electron chi connectivity index (χ4n) is 0.721. The van der Waals surface area contributed by atoms with Crippen LogP contribution >= 0.6 is 0 Å². The van der Waals surface area contributed by atoms with Gasteiger partial charge in [-0.3, -0.25) is 5.41 Å². The number of nitrogens with zero attached hydrogens (tertiary/aromatic N) is 1. The molecule has 11 heavy (non-hydrogen) atoms. The molecule has 0 saturated carbocycles. The second-order valence-corrected chi connectivity index (χ2v) is 1.98. The van der Waals surface area contributed by atoms with Gasteiger partial charge in [-0.15, -0.1) is 0 Å². The molecule has 4 nitrogen and oxygen atoms in total. The lowest BCUT2D eigenvalue weighted by Gasteiger charge is -2.06. The Hall–Kier alpha value is -1.58. The van der Waals surface area contributed by atoms with Crippen molar-refractivity contribution in [2.24, 2.45) is 5.16 Å². The van der Waals surface area contributed by atoms with Gasteiger partial charge in [-0.2, -0.15) is 0 Å². The zero-order valence-corrected chi connectivity index (χ0v) is 6.03. The average Bonchev–Trinajstić information content (AvgIpc) is 2.05. The van der Waals surface area contributed by atoms with Gasteiger partial charge in [0.1, 0.15) is 11.5 Å². The van der Waals surface area contributed by atoms with Crippen LogP contribution in [0.4, 0.5) is 0 Å². The normalized spacial score (nSPS) is 20.3. The van der Waals surface area contributed by atoms with Crippen molar-refractivity contribution in [2.75, 3.05) is 7.11 Å². The van der Waals surface area contributed by atoms with Crippen LogP contribution in [0.25, 0.3) is 0 Å². The molecule has 2 N–H and O–H groups in total. The lowest BCUT2D eigenvalue weighted by Crippen LogP contribution is -2.12. The van der Waals surface area contributed by atoms with Gasteiger partial charge in [-0.25, -0.2) is 0 Å². The van der Waals surface area contributed by atoms with Gasteiger partial charge in [0.25, 0.3) is 0 Å². The molecule has 0 aromatic rings. The highest BCUT2D eigenvalue weighted by Gasteiger charge is 2.08. The molecule has 0 atom stereocenters. The molecule has 1 aliphatic rings. The number of oxime groups is 1. The first-order chi connectivity index (χ1) is 5.27. The third kappa shape index (κ3) is 1.46. The molecular formula is C7H8N2O2. The second kappa shape index (κ2) is 3.01. The monoisotopic (exact) mass is 152 g/mol. The van der Waals surface area contributed by atoms with Gasteiger partial charge in [-0.1, -0.05) is 5.16 Å². The molecule has 0 amide bonds. The maximum absolute atomic E-state index is 8.39. The molecule has 0 aromatic heterocycles. The lowest BCUT2D eigenvalue weighted by atomic mass is 10.1. The third-order valence-corrected chi connectivity index (χ3v) is 1.31. The quantitative estimate of drug-likeness (QED) is 0.333. The standard InChI is InChI=1S/C7H8N2O2/c1-11-5-2-3-6(8)7(4-5)9-10/h2-4,8,10H,1H3/b8-6?,9-7-. The summed E-state index contributed by atoms with van der Waals surface area (Å²) in [4.78, 5) is 0. The van der Waals surface area contributed by atoms with Crippen LogP contribution in [0.15, 0.2) is 29.1 Å². The summed E-state index contributed by atoms with van der Waals surface area (Å²) in [5.74, 6) is 0.578. The minimum Gasteiger partial charge on any atom is -0.497 e. The zero-order chi connectivity index (χ0) is 8.27. The number of hydrogen-bond acceptors (Lipinski definition) is 4. The molecule has 0 unspecified atom stereocenters. The zero-order valence-electron chi connectivity index (χ0n) is 6.03.